The lowest BCUT2D eigenvalue weighted by Gasteiger charge is -2.19. The summed E-state index contributed by atoms with van der Waals surface area (Å²) < 4.78 is 0.835. The molecule has 0 fully saturated rings. The van der Waals surface area contributed by atoms with E-state index in [1.165, 1.54) is 0 Å². The number of hydrogen-bond acceptors (Lipinski definition) is 4. The average Bonchev–Trinajstić information content (AvgIpc) is 2.24. The Morgan fingerprint density at radius 2 is 2.06 bits per heavy atom. The minimum Gasteiger partial charge on any atom is -0.367 e. The Hall–Kier alpha value is -0.290. The summed E-state index contributed by atoms with van der Waals surface area (Å²) in [6.07, 6.45) is 3.26. The van der Waals surface area contributed by atoms with Gasteiger partial charge in [0.2, 0.25) is 0 Å². The van der Waals surface area contributed by atoms with Crippen LogP contribution in [-0.4, -0.2) is 28.0 Å². The van der Waals surface area contributed by atoms with Crippen LogP contribution in [0.4, 0.5) is 5.82 Å². The molecule has 0 saturated carbocycles. The summed E-state index contributed by atoms with van der Waals surface area (Å²) in [6, 6.07) is 2.36. The van der Waals surface area contributed by atoms with Crippen LogP contribution in [0.3, 0.4) is 0 Å². The van der Waals surface area contributed by atoms with E-state index in [9.17, 15) is 0 Å². The lowest BCUT2D eigenvalue weighted by atomic mass is 9.96. The van der Waals surface area contributed by atoms with Crippen molar-refractivity contribution in [2.45, 2.75) is 45.6 Å². The van der Waals surface area contributed by atoms with E-state index in [-0.39, 0.29) is 5.41 Å². The second-order valence-electron chi connectivity index (χ2n) is 5.48. The quantitative estimate of drug-likeness (QED) is 0.824. The van der Waals surface area contributed by atoms with Crippen molar-refractivity contribution in [3.63, 3.8) is 0 Å². The first kappa shape index (κ1) is 15.8. The Bertz CT molecular complexity index is 390. The first-order valence-corrected chi connectivity index (χ1v) is 8.32. The molecule has 0 radical (unpaired) electrons. The van der Waals surface area contributed by atoms with Gasteiger partial charge in [-0.25, -0.2) is 9.97 Å². The van der Waals surface area contributed by atoms with Gasteiger partial charge in [-0.3, -0.25) is 0 Å². The molecule has 18 heavy (non-hydrogen) atoms. The molecule has 3 nitrogen and oxygen atoms in total. The topological polar surface area (TPSA) is 37.8 Å². The zero-order valence-electron chi connectivity index (χ0n) is 11.7. The van der Waals surface area contributed by atoms with Crippen LogP contribution >= 0.6 is 27.7 Å². The molecule has 0 aliphatic carbocycles. The molecule has 0 aliphatic rings. The Balaban J connectivity index is 2.80. The lowest BCUT2D eigenvalue weighted by molar-refractivity contribution is 0.543. The highest BCUT2D eigenvalue weighted by molar-refractivity contribution is 9.10. The molecule has 1 rings (SSSR count). The molecule has 5 heteroatoms. The number of aromatic nitrogens is 2. The number of halogens is 1. The molecule has 0 bridgehead atoms. The fourth-order valence-electron chi connectivity index (χ4n) is 1.45. The highest BCUT2D eigenvalue weighted by atomic mass is 79.9. The van der Waals surface area contributed by atoms with Gasteiger partial charge in [-0.2, -0.15) is 11.8 Å². The molecule has 0 aromatic carbocycles. The third kappa shape index (κ3) is 5.14. The monoisotopic (exact) mass is 331 g/mol. The van der Waals surface area contributed by atoms with Gasteiger partial charge in [0.25, 0.3) is 0 Å². The van der Waals surface area contributed by atoms with E-state index in [0.29, 0.717) is 6.04 Å². The van der Waals surface area contributed by atoms with Gasteiger partial charge in [-0.05, 0) is 41.3 Å². The number of nitrogens with zero attached hydrogens (tertiary/aromatic N) is 2. The van der Waals surface area contributed by atoms with E-state index in [4.69, 9.17) is 0 Å². The van der Waals surface area contributed by atoms with Gasteiger partial charge in [0, 0.05) is 17.5 Å². The number of thioether (sulfide) groups is 1. The van der Waals surface area contributed by atoms with Gasteiger partial charge in [0.05, 0.1) is 0 Å². The number of nitrogens with one attached hydrogen (secondary N) is 1. The van der Waals surface area contributed by atoms with Crippen LogP contribution in [0.2, 0.25) is 0 Å². The van der Waals surface area contributed by atoms with E-state index in [1.54, 1.807) is 0 Å². The average molecular weight is 332 g/mol. The fourth-order valence-corrected chi connectivity index (χ4v) is 2.42. The molecule has 0 spiro atoms. The highest BCUT2D eigenvalue weighted by Gasteiger charge is 2.19. The van der Waals surface area contributed by atoms with Gasteiger partial charge < -0.3 is 5.32 Å². The van der Waals surface area contributed by atoms with E-state index in [0.717, 1.165) is 28.4 Å². The maximum absolute atomic E-state index is 4.59. The molecule has 1 aromatic heterocycles. The van der Waals surface area contributed by atoms with Crippen molar-refractivity contribution in [1.82, 2.24) is 9.97 Å². The van der Waals surface area contributed by atoms with Gasteiger partial charge in [0.15, 0.2) is 0 Å². The summed E-state index contributed by atoms with van der Waals surface area (Å²) in [5.74, 6) is 2.92. The summed E-state index contributed by atoms with van der Waals surface area (Å²) in [6.45, 7) is 8.55. The third-order valence-electron chi connectivity index (χ3n) is 2.51. The lowest BCUT2D eigenvalue weighted by Crippen LogP contribution is -2.21. The number of anilines is 1. The maximum atomic E-state index is 4.59. The third-order valence-corrected chi connectivity index (χ3v) is 3.57. The zero-order valence-corrected chi connectivity index (χ0v) is 14.2. The normalized spacial score (nSPS) is 13.4. The standard InChI is InChI=1S/C13H22BrN3S/c1-9(6-7-18-5)15-11-8-10(14)16-12(17-11)13(2,3)4/h8-9H,6-7H2,1-5H3,(H,15,16,17). The summed E-state index contributed by atoms with van der Waals surface area (Å²) in [5, 5.41) is 3.44. The smallest absolute Gasteiger partial charge is 0.137 e. The Labute approximate surface area is 123 Å². The zero-order chi connectivity index (χ0) is 13.8. The van der Waals surface area contributed by atoms with Crippen LogP contribution in [0.25, 0.3) is 0 Å². The second-order valence-corrected chi connectivity index (χ2v) is 7.27. The minimum absolute atomic E-state index is 0.0390. The predicted octanol–water partition coefficient (Wildman–Crippen LogP) is 4.09. The Morgan fingerprint density at radius 1 is 1.39 bits per heavy atom. The molecule has 1 unspecified atom stereocenters. The predicted molar refractivity (Wildman–Crippen MR) is 84.5 cm³/mol. The summed E-state index contributed by atoms with van der Waals surface area (Å²) in [4.78, 5) is 9.03. The van der Waals surface area contributed by atoms with Gasteiger partial charge >= 0.3 is 0 Å². The molecule has 0 amide bonds. The molecule has 1 N–H and O–H groups in total. The van der Waals surface area contributed by atoms with Crippen molar-refractivity contribution in [2.24, 2.45) is 0 Å². The van der Waals surface area contributed by atoms with Crippen molar-refractivity contribution in [2.75, 3.05) is 17.3 Å². The van der Waals surface area contributed by atoms with Crippen LogP contribution in [0.15, 0.2) is 10.7 Å². The first-order valence-electron chi connectivity index (χ1n) is 6.13. The van der Waals surface area contributed by atoms with Crippen LogP contribution < -0.4 is 5.32 Å². The molecule has 1 heterocycles. The van der Waals surface area contributed by atoms with E-state index < -0.39 is 0 Å². The highest BCUT2D eigenvalue weighted by Crippen LogP contribution is 2.23. The van der Waals surface area contributed by atoms with Gasteiger partial charge in [0.1, 0.15) is 16.2 Å². The van der Waals surface area contributed by atoms with Crippen LogP contribution in [0, 0.1) is 0 Å². The van der Waals surface area contributed by atoms with E-state index >= 15 is 0 Å². The molecule has 102 valence electrons. The molecular formula is C13H22BrN3S. The van der Waals surface area contributed by atoms with Gasteiger partial charge in [-0.15, -0.1) is 0 Å². The number of hydrogen-bond donors (Lipinski definition) is 1. The van der Waals surface area contributed by atoms with Crippen molar-refractivity contribution in [3.8, 4) is 0 Å². The van der Waals surface area contributed by atoms with E-state index in [2.05, 4.69) is 65.2 Å². The molecule has 0 aliphatic heterocycles. The molecule has 1 aromatic rings. The Morgan fingerprint density at radius 3 is 2.61 bits per heavy atom. The van der Waals surface area contributed by atoms with Crippen molar-refractivity contribution < 1.29 is 0 Å². The minimum atomic E-state index is -0.0390. The largest absolute Gasteiger partial charge is 0.367 e. The van der Waals surface area contributed by atoms with Crippen molar-refractivity contribution in [1.29, 1.82) is 0 Å². The maximum Gasteiger partial charge on any atom is 0.137 e. The fraction of sp³-hybridized carbons (Fsp3) is 0.692. The van der Waals surface area contributed by atoms with Gasteiger partial charge in [-0.1, -0.05) is 20.8 Å². The summed E-state index contributed by atoms with van der Waals surface area (Å²) >= 11 is 5.32. The first-order chi connectivity index (χ1) is 8.32. The van der Waals surface area contributed by atoms with Crippen molar-refractivity contribution >= 4 is 33.5 Å². The Kier molecular flexibility index (Phi) is 5.92. The number of rotatable bonds is 5. The molecular weight excluding hydrogens is 310 g/mol. The SMILES string of the molecule is CSCCC(C)Nc1cc(Br)nc(C(C)(C)C)n1. The molecule has 1 atom stereocenters. The van der Waals surface area contributed by atoms with E-state index in [1.807, 2.05) is 17.8 Å². The van der Waals surface area contributed by atoms with Crippen molar-refractivity contribution in [3.05, 3.63) is 16.5 Å². The molecule has 0 saturated heterocycles. The van der Waals surface area contributed by atoms with Crippen LogP contribution in [0.1, 0.15) is 39.9 Å². The summed E-state index contributed by atoms with van der Waals surface area (Å²) in [5.41, 5.74) is -0.0390. The van der Waals surface area contributed by atoms with Crippen LogP contribution in [-0.2, 0) is 5.41 Å². The second kappa shape index (κ2) is 6.75. The summed E-state index contributed by atoms with van der Waals surface area (Å²) in [7, 11) is 0. The van der Waals surface area contributed by atoms with Crippen LogP contribution in [0.5, 0.6) is 0 Å².